The summed E-state index contributed by atoms with van der Waals surface area (Å²) in [6.45, 7) is 4.90. The van der Waals surface area contributed by atoms with Crippen LogP contribution in [0.5, 0.6) is 11.5 Å². The minimum absolute atomic E-state index is 0.158. The molecule has 25 heavy (non-hydrogen) atoms. The standard InChI is InChI=1S/C19H25N3O3/c1-13(2)9-10-20-19(23)17-7-5-14(12-21-17)22-16-8-6-15(24-3)11-18(16)25-4/h5-8,11-13,22H,9-10H2,1-4H3,(H,20,23). The molecule has 0 saturated carbocycles. The van der Waals surface area contributed by atoms with E-state index >= 15 is 0 Å². The summed E-state index contributed by atoms with van der Waals surface area (Å²) in [7, 11) is 3.21. The third-order valence-electron chi connectivity index (χ3n) is 3.69. The van der Waals surface area contributed by atoms with Gasteiger partial charge in [0.15, 0.2) is 0 Å². The topological polar surface area (TPSA) is 72.5 Å². The Kier molecular flexibility index (Phi) is 6.62. The maximum atomic E-state index is 12.0. The van der Waals surface area contributed by atoms with Gasteiger partial charge < -0.3 is 20.1 Å². The summed E-state index contributed by atoms with van der Waals surface area (Å²) in [6, 6.07) is 9.02. The summed E-state index contributed by atoms with van der Waals surface area (Å²) in [5.41, 5.74) is 1.96. The van der Waals surface area contributed by atoms with E-state index in [9.17, 15) is 4.79 Å². The van der Waals surface area contributed by atoms with Gasteiger partial charge in [0.25, 0.3) is 5.91 Å². The van der Waals surface area contributed by atoms with Crippen LogP contribution in [0.1, 0.15) is 30.8 Å². The third kappa shape index (κ3) is 5.38. The molecule has 6 nitrogen and oxygen atoms in total. The number of rotatable bonds is 8. The molecule has 1 aromatic carbocycles. The van der Waals surface area contributed by atoms with Crippen LogP contribution in [0.25, 0.3) is 0 Å². The quantitative estimate of drug-likeness (QED) is 0.766. The highest BCUT2D eigenvalue weighted by Crippen LogP contribution is 2.31. The lowest BCUT2D eigenvalue weighted by atomic mass is 10.1. The number of anilines is 2. The van der Waals surface area contributed by atoms with Gasteiger partial charge in [-0.15, -0.1) is 0 Å². The molecule has 1 heterocycles. The van der Waals surface area contributed by atoms with Crippen LogP contribution in [0.2, 0.25) is 0 Å². The van der Waals surface area contributed by atoms with Crippen LogP contribution in [-0.2, 0) is 0 Å². The zero-order chi connectivity index (χ0) is 18.2. The van der Waals surface area contributed by atoms with E-state index in [4.69, 9.17) is 9.47 Å². The van der Waals surface area contributed by atoms with Crippen LogP contribution in [0.15, 0.2) is 36.5 Å². The second-order valence-corrected chi connectivity index (χ2v) is 6.06. The minimum Gasteiger partial charge on any atom is -0.497 e. The van der Waals surface area contributed by atoms with Crippen molar-refractivity contribution in [2.45, 2.75) is 20.3 Å². The van der Waals surface area contributed by atoms with E-state index in [0.717, 1.165) is 17.8 Å². The van der Waals surface area contributed by atoms with Crippen LogP contribution in [0.4, 0.5) is 11.4 Å². The van der Waals surface area contributed by atoms with Crippen LogP contribution >= 0.6 is 0 Å². The lowest BCUT2D eigenvalue weighted by molar-refractivity contribution is 0.0947. The molecule has 0 aliphatic carbocycles. The summed E-state index contributed by atoms with van der Waals surface area (Å²) in [5.74, 6) is 1.78. The van der Waals surface area contributed by atoms with E-state index in [1.807, 2.05) is 18.2 Å². The van der Waals surface area contributed by atoms with Gasteiger partial charge in [-0.1, -0.05) is 13.8 Å². The number of hydrogen-bond donors (Lipinski definition) is 2. The molecule has 134 valence electrons. The molecular formula is C19H25N3O3. The summed E-state index contributed by atoms with van der Waals surface area (Å²) in [6.07, 6.45) is 2.57. The zero-order valence-corrected chi connectivity index (χ0v) is 15.1. The van der Waals surface area contributed by atoms with Gasteiger partial charge in [-0.3, -0.25) is 4.79 Å². The number of carbonyl (C=O) groups excluding carboxylic acids is 1. The highest BCUT2D eigenvalue weighted by Gasteiger charge is 2.09. The first-order chi connectivity index (χ1) is 12.0. The van der Waals surface area contributed by atoms with Crippen LogP contribution in [0, 0.1) is 5.92 Å². The largest absolute Gasteiger partial charge is 0.497 e. The number of aromatic nitrogens is 1. The van der Waals surface area contributed by atoms with E-state index in [-0.39, 0.29) is 5.91 Å². The van der Waals surface area contributed by atoms with Gasteiger partial charge in [0, 0.05) is 12.6 Å². The van der Waals surface area contributed by atoms with Crippen molar-refractivity contribution in [2.75, 3.05) is 26.1 Å². The molecular weight excluding hydrogens is 318 g/mol. The Labute approximate surface area is 148 Å². The molecule has 0 aliphatic rings. The average molecular weight is 343 g/mol. The van der Waals surface area contributed by atoms with E-state index < -0.39 is 0 Å². The number of methoxy groups -OCH3 is 2. The summed E-state index contributed by atoms with van der Waals surface area (Å²) >= 11 is 0. The Balaban J connectivity index is 2.02. The Morgan fingerprint density at radius 3 is 2.56 bits per heavy atom. The summed E-state index contributed by atoms with van der Waals surface area (Å²) < 4.78 is 10.5. The number of nitrogens with one attached hydrogen (secondary N) is 2. The normalized spacial score (nSPS) is 10.4. The van der Waals surface area contributed by atoms with Crippen molar-refractivity contribution in [3.8, 4) is 11.5 Å². The molecule has 0 spiro atoms. The summed E-state index contributed by atoms with van der Waals surface area (Å²) in [5, 5.41) is 6.10. The molecule has 0 atom stereocenters. The van der Waals surface area contributed by atoms with Crippen LogP contribution < -0.4 is 20.1 Å². The molecule has 2 N–H and O–H groups in total. The lowest BCUT2D eigenvalue weighted by Gasteiger charge is -2.12. The average Bonchev–Trinajstić information content (AvgIpc) is 2.62. The molecule has 0 bridgehead atoms. The van der Waals surface area contributed by atoms with E-state index in [1.165, 1.54) is 0 Å². The number of carbonyl (C=O) groups is 1. The lowest BCUT2D eigenvalue weighted by Crippen LogP contribution is -2.26. The van der Waals surface area contributed by atoms with E-state index in [2.05, 4.69) is 29.5 Å². The van der Waals surface area contributed by atoms with Gasteiger partial charge in [-0.05, 0) is 36.6 Å². The molecule has 0 radical (unpaired) electrons. The summed E-state index contributed by atoms with van der Waals surface area (Å²) in [4.78, 5) is 16.3. The molecule has 0 saturated heterocycles. The van der Waals surface area contributed by atoms with Gasteiger partial charge in [-0.25, -0.2) is 4.98 Å². The predicted octanol–water partition coefficient (Wildman–Crippen LogP) is 3.62. The first-order valence-electron chi connectivity index (χ1n) is 8.26. The SMILES string of the molecule is COc1ccc(Nc2ccc(C(=O)NCCC(C)C)nc2)c(OC)c1. The fraction of sp³-hybridized carbons (Fsp3) is 0.368. The highest BCUT2D eigenvalue weighted by molar-refractivity contribution is 5.92. The Morgan fingerprint density at radius 2 is 1.96 bits per heavy atom. The predicted molar refractivity (Wildman–Crippen MR) is 98.9 cm³/mol. The second kappa shape index (κ2) is 8.92. The third-order valence-corrected chi connectivity index (χ3v) is 3.69. The molecule has 0 aliphatic heterocycles. The fourth-order valence-corrected chi connectivity index (χ4v) is 2.22. The van der Waals surface area contributed by atoms with Gasteiger partial charge in [-0.2, -0.15) is 0 Å². The molecule has 0 fully saturated rings. The Bertz CT molecular complexity index is 700. The Morgan fingerprint density at radius 1 is 1.16 bits per heavy atom. The molecule has 1 amide bonds. The second-order valence-electron chi connectivity index (χ2n) is 6.06. The fourth-order valence-electron chi connectivity index (χ4n) is 2.22. The number of amides is 1. The van der Waals surface area contributed by atoms with E-state index in [1.54, 1.807) is 32.5 Å². The molecule has 2 aromatic rings. The van der Waals surface area contributed by atoms with E-state index in [0.29, 0.717) is 29.7 Å². The maximum Gasteiger partial charge on any atom is 0.269 e. The monoisotopic (exact) mass is 343 g/mol. The number of hydrogen-bond acceptors (Lipinski definition) is 5. The number of pyridine rings is 1. The number of ether oxygens (including phenoxy) is 2. The van der Waals surface area contributed by atoms with Gasteiger partial charge in [0.05, 0.1) is 31.8 Å². The first-order valence-corrected chi connectivity index (χ1v) is 8.26. The maximum absolute atomic E-state index is 12.0. The molecule has 0 unspecified atom stereocenters. The van der Waals surface area contributed by atoms with Gasteiger partial charge in [0.1, 0.15) is 17.2 Å². The van der Waals surface area contributed by atoms with Crippen LogP contribution in [-0.4, -0.2) is 31.7 Å². The molecule has 6 heteroatoms. The minimum atomic E-state index is -0.158. The highest BCUT2D eigenvalue weighted by atomic mass is 16.5. The Hall–Kier alpha value is -2.76. The van der Waals surface area contributed by atoms with Crippen molar-refractivity contribution >= 4 is 17.3 Å². The zero-order valence-electron chi connectivity index (χ0n) is 15.1. The smallest absolute Gasteiger partial charge is 0.269 e. The van der Waals surface area contributed by atoms with Gasteiger partial charge in [0.2, 0.25) is 0 Å². The van der Waals surface area contributed by atoms with Crippen molar-refractivity contribution < 1.29 is 14.3 Å². The number of nitrogens with zero attached hydrogens (tertiary/aromatic N) is 1. The molecule has 2 rings (SSSR count). The van der Waals surface area contributed by atoms with Crippen molar-refractivity contribution in [1.82, 2.24) is 10.3 Å². The van der Waals surface area contributed by atoms with Crippen molar-refractivity contribution in [1.29, 1.82) is 0 Å². The van der Waals surface area contributed by atoms with Crippen molar-refractivity contribution in [2.24, 2.45) is 5.92 Å². The first kappa shape index (κ1) is 18.6. The van der Waals surface area contributed by atoms with Crippen molar-refractivity contribution in [3.05, 3.63) is 42.2 Å². The number of benzene rings is 1. The van der Waals surface area contributed by atoms with Crippen molar-refractivity contribution in [3.63, 3.8) is 0 Å². The van der Waals surface area contributed by atoms with Crippen LogP contribution in [0.3, 0.4) is 0 Å². The molecule has 1 aromatic heterocycles. The van der Waals surface area contributed by atoms with Gasteiger partial charge >= 0.3 is 0 Å².